The molecule has 0 radical (unpaired) electrons. The molecule has 0 amide bonds. The molecule has 5 heterocycles. The van der Waals surface area contributed by atoms with Crippen LogP contribution in [0.25, 0.3) is 141 Å². The monoisotopic (exact) mass is 807 g/mol. The predicted molar refractivity (Wildman–Crippen MR) is 265 cm³/mol. The minimum absolute atomic E-state index is 1.17. The van der Waals surface area contributed by atoms with Crippen molar-refractivity contribution in [1.82, 2.24) is 14.5 Å². The Morgan fingerprint density at radius 2 is 0.984 bits per heavy atom. The van der Waals surface area contributed by atoms with Gasteiger partial charge in [0.05, 0.1) is 22.1 Å². The average molecular weight is 808 g/mol. The number of hydrogen-bond acceptors (Lipinski definition) is 1. The molecule has 1 aliphatic rings. The van der Waals surface area contributed by atoms with E-state index in [-0.39, 0.29) is 0 Å². The Bertz CT molecular complexity index is 4320. The molecular formula is C57H35N4S+. The van der Waals surface area contributed by atoms with Crippen molar-refractivity contribution in [2.75, 3.05) is 0 Å². The molecule has 0 unspecified atom stereocenters. The fraction of sp³-hybridized carbons (Fsp3) is 0.0175. The van der Waals surface area contributed by atoms with Crippen LogP contribution >= 0.6 is 11.3 Å². The van der Waals surface area contributed by atoms with Gasteiger partial charge in [0.25, 0.3) is 0 Å². The van der Waals surface area contributed by atoms with E-state index in [0.29, 0.717) is 0 Å². The Labute approximate surface area is 358 Å². The number of H-pyrrole nitrogens is 2. The third-order valence-corrected chi connectivity index (χ3v) is 15.3. The maximum absolute atomic E-state index is 3.83. The number of quaternary nitrogens is 1. The summed E-state index contributed by atoms with van der Waals surface area (Å²) in [6.45, 7) is 0. The first-order valence-corrected chi connectivity index (χ1v) is 22.2. The molecule has 4 nitrogen and oxygen atoms in total. The largest absolute Gasteiger partial charge is 0.354 e. The number of aromatic amines is 2. The highest BCUT2D eigenvalue weighted by Gasteiger charge is 2.28. The first-order valence-electron chi connectivity index (χ1n) is 21.4. The molecule has 15 rings (SSSR count). The van der Waals surface area contributed by atoms with E-state index in [2.05, 4.69) is 197 Å². The van der Waals surface area contributed by atoms with Gasteiger partial charge in [-0.15, -0.1) is 11.3 Å². The van der Waals surface area contributed by atoms with Gasteiger partial charge >= 0.3 is 0 Å². The van der Waals surface area contributed by atoms with Crippen molar-refractivity contribution in [1.29, 1.82) is 0 Å². The Morgan fingerprint density at radius 1 is 0.419 bits per heavy atom. The summed E-state index contributed by atoms with van der Waals surface area (Å²) in [6.07, 6.45) is 0. The van der Waals surface area contributed by atoms with Crippen molar-refractivity contribution in [3.8, 4) is 32.0 Å². The van der Waals surface area contributed by atoms with Gasteiger partial charge in [-0.1, -0.05) is 109 Å². The second kappa shape index (κ2) is 11.8. The molecule has 62 heavy (non-hydrogen) atoms. The SMILES string of the molecule is Cn1c2cc3c(cc2c2ccc4ccccc4c21)[NH2+]c1c-3ccc2cc(-c3ccc(-c4ccc5c(ccc6c7cc8[nH]c9c%10ccccc%10ccc9c8cc7[nH]c56)c4)s3)ccc12. The Morgan fingerprint density at radius 3 is 1.71 bits per heavy atom. The van der Waals surface area contributed by atoms with Crippen LogP contribution in [0.4, 0.5) is 11.4 Å². The van der Waals surface area contributed by atoms with Gasteiger partial charge in [-0.3, -0.25) is 5.32 Å². The number of aryl methyl sites for hydroxylation is 1. The summed E-state index contributed by atoms with van der Waals surface area (Å²) >= 11 is 1.87. The van der Waals surface area contributed by atoms with Gasteiger partial charge in [0.15, 0.2) is 5.69 Å². The van der Waals surface area contributed by atoms with Crippen LogP contribution in [0, 0.1) is 0 Å². The first kappa shape index (κ1) is 33.1. The highest BCUT2D eigenvalue weighted by Crippen LogP contribution is 2.46. The Hall–Kier alpha value is -7.70. The van der Waals surface area contributed by atoms with Crippen LogP contribution in [0.15, 0.2) is 170 Å². The number of rotatable bonds is 2. The molecule has 10 aromatic carbocycles. The quantitative estimate of drug-likeness (QED) is 0.146. The zero-order chi connectivity index (χ0) is 40.4. The molecule has 14 aromatic rings. The number of thiophene rings is 1. The van der Waals surface area contributed by atoms with Gasteiger partial charge in [0.2, 0.25) is 0 Å². The summed E-state index contributed by atoms with van der Waals surface area (Å²) in [5.74, 6) is 0. The van der Waals surface area contributed by atoms with Gasteiger partial charge in [-0.25, -0.2) is 0 Å². The predicted octanol–water partition coefficient (Wildman–Crippen LogP) is 15.1. The second-order valence-corrected chi connectivity index (χ2v) is 18.4. The zero-order valence-electron chi connectivity index (χ0n) is 33.6. The average Bonchev–Trinajstić information content (AvgIpc) is 4.15. The summed E-state index contributed by atoms with van der Waals surface area (Å²) in [6, 6.07) is 63.6. The van der Waals surface area contributed by atoms with Gasteiger partial charge < -0.3 is 14.5 Å². The van der Waals surface area contributed by atoms with Crippen LogP contribution in [0.5, 0.6) is 0 Å². The molecule has 0 saturated carbocycles. The van der Waals surface area contributed by atoms with Crippen molar-refractivity contribution in [2.24, 2.45) is 7.05 Å². The van der Waals surface area contributed by atoms with Crippen molar-refractivity contribution in [3.63, 3.8) is 0 Å². The third kappa shape index (κ3) is 4.38. The highest BCUT2D eigenvalue weighted by atomic mass is 32.1. The molecule has 0 saturated heterocycles. The van der Waals surface area contributed by atoms with E-state index in [0.717, 1.165) is 0 Å². The van der Waals surface area contributed by atoms with Crippen LogP contribution in [0.1, 0.15) is 0 Å². The normalized spacial score (nSPS) is 12.9. The highest BCUT2D eigenvalue weighted by molar-refractivity contribution is 7.18. The molecule has 1 aliphatic heterocycles. The van der Waals surface area contributed by atoms with E-state index in [4.69, 9.17) is 0 Å². The lowest BCUT2D eigenvalue weighted by atomic mass is 9.98. The minimum Gasteiger partial charge on any atom is -0.354 e. The maximum Gasteiger partial charge on any atom is 0.150 e. The molecule has 288 valence electrons. The molecule has 0 fully saturated rings. The molecule has 0 bridgehead atoms. The molecule has 0 atom stereocenters. The second-order valence-electron chi connectivity index (χ2n) is 17.3. The number of aromatic nitrogens is 3. The molecular weight excluding hydrogens is 773 g/mol. The zero-order valence-corrected chi connectivity index (χ0v) is 34.4. The molecule has 5 heteroatoms. The van der Waals surface area contributed by atoms with Crippen molar-refractivity contribution >= 4 is 131 Å². The smallest absolute Gasteiger partial charge is 0.150 e. The number of fused-ring (bicyclic) bond motifs is 20. The number of hydrogen-bond donors (Lipinski definition) is 3. The summed E-state index contributed by atoms with van der Waals surface area (Å²) < 4.78 is 2.39. The first-order chi connectivity index (χ1) is 30.6. The summed E-state index contributed by atoms with van der Waals surface area (Å²) in [7, 11) is 2.21. The van der Waals surface area contributed by atoms with Crippen LogP contribution in [0.3, 0.4) is 0 Å². The van der Waals surface area contributed by atoms with E-state index in [1.165, 1.54) is 152 Å². The summed E-state index contributed by atoms with van der Waals surface area (Å²) in [4.78, 5) is 10.2. The number of nitrogens with one attached hydrogen (secondary N) is 2. The lowest BCUT2D eigenvalue weighted by Crippen LogP contribution is -2.69. The van der Waals surface area contributed by atoms with Gasteiger partial charge in [-0.05, 0) is 87.3 Å². The van der Waals surface area contributed by atoms with Crippen LogP contribution < -0.4 is 5.32 Å². The molecule has 0 aliphatic carbocycles. The van der Waals surface area contributed by atoms with Crippen LogP contribution in [0.2, 0.25) is 0 Å². The van der Waals surface area contributed by atoms with E-state index >= 15 is 0 Å². The van der Waals surface area contributed by atoms with Crippen molar-refractivity contribution in [3.05, 3.63) is 170 Å². The van der Waals surface area contributed by atoms with E-state index < -0.39 is 0 Å². The van der Waals surface area contributed by atoms with Gasteiger partial charge in [0.1, 0.15) is 5.69 Å². The van der Waals surface area contributed by atoms with Crippen LogP contribution in [-0.2, 0) is 7.05 Å². The standard InChI is InChI=1S/C57H34N4S/c1-61-51-29-46-42-20-13-33-25-35(15-17-38(33)56(42)60-50(46)28-47(51)43-21-11-31-7-3-5-9-39(31)57(43)61)53-23-22-52(62-53)34-14-16-37-32(24-34)12-19-41-45-27-48-44(26-49(45)59-55(37)41)40-18-10-30-6-2-4-8-36(30)54(40)58-48/h2-29,58-60H,1H3/p+1. The van der Waals surface area contributed by atoms with Gasteiger partial charge in [-0.2, -0.15) is 0 Å². The topological polar surface area (TPSA) is 53.1 Å². The van der Waals surface area contributed by atoms with Gasteiger partial charge in [0, 0.05) is 98.8 Å². The number of nitrogens with two attached hydrogens (primary N) is 1. The lowest BCUT2D eigenvalue weighted by molar-refractivity contribution is -0.471. The Kier molecular flexibility index (Phi) is 6.28. The number of nitrogens with zero attached hydrogens (tertiary/aromatic N) is 1. The lowest BCUT2D eigenvalue weighted by Gasteiger charge is -2.06. The fourth-order valence-corrected chi connectivity index (χ4v) is 12.1. The van der Waals surface area contributed by atoms with Crippen molar-refractivity contribution in [2.45, 2.75) is 0 Å². The Balaban J connectivity index is 0.764. The van der Waals surface area contributed by atoms with E-state index in [9.17, 15) is 0 Å². The maximum atomic E-state index is 3.83. The van der Waals surface area contributed by atoms with E-state index in [1.54, 1.807) is 0 Å². The summed E-state index contributed by atoms with van der Waals surface area (Å²) in [5.41, 5.74) is 15.1. The van der Waals surface area contributed by atoms with Crippen LogP contribution in [-0.4, -0.2) is 14.5 Å². The van der Waals surface area contributed by atoms with Crippen molar-refractivity contribution < 1.29 is 5.32 Å². The molecule has 0 spiro atoms. The minimum atomic E-state index is 1.17. The summed E-state index contributed by atoms with van der Waals surface area (Å²) in [5, 5.41) is 20.2. The third-order valence-electron chi connectivity index (χ3n) is 14.1. The molecule has 4 aromatic heterocycles. The van der Waals surface area contributed by atoms with E-state index in [1.807, 2.05) is 11.3 Å². The fourth-order valence-electron chi connectivity index (χ4n) is 11.1. The number of benzene rings is 10. The molecule has 4 N–H and O–H groups in total.